The van der Waals surface area contributed by atoms with Crippen LogP contribution < -0.4 is 4.90 Å². The summed E-state index contributed by atoms with van der Waals surface area (Å²) in [4.78, 5) is 13.9. The summed E-state index contributed by atoms with van der Waals surface area (Å²) in [5, 5.41) is 0. The molecule has 2 nitrogen and oxygen atoms in total. The Morgan fingerprint density at radius 3 is 2.53 bits per heavy atom. The van der Waals surface area contributed by atoms with E-state index in [1.54, 1.807) is 0 Å². The normalized spacial score (nSPS) is 26.8. The molecule has 0 aromatic heterocycles. The van der Waals surface area contributed by atoms with Crippen molar-refractivity contribution in [3.8, 4) is 0 Å². The molecule has 0 amide bonds. The molecule has 1 aromatic carbocycles. The van der Waals surface area contributed by atoms with E-state index in [2.05, 4.69) is 24.0 Å². The van der Waals surface area contributed by atoms with Crippen molar-refractivity contribution in [2.45, 2.75) is 26.3 Å². The molecule has 1 aromatic rings. The van der Waals surface area contributed by atoms with E-state index in [1.165, 1.54) is 5.69 Å². The zero-order valence-corrected chi connectivity index (χ0v) is 9.31. The summed E-state index contributed by atoms with van der Waals surface area (Å²) in [6.45, 7) is 4.99. The fourth-order valence-electron chi connectivity index (χ4n) is 2.16. The van der Waals surface area contributed by atoms with E-state index in [0.717, 1.165) is 6.54 Å². The van der Waals surface area contributed by atoms with Crippen LogP contribution in [0.1, 0.15) is 20.3 Å². The van der Waals surface area contributed by atoms with Crippen LogP contribution in [0.5, 0.6) is 0 Å². The lowest BCUT2D eigenvalue weighted by Gasteiger charge is -2.37. The Labute approximate surface area is 90.9 Å². The van der Waals surface area contributed by atoms with Crippen molar-refractivity contribution in [2.24, 2.45) is 5.92 Å². The highest BCUT2D eigenvalue weighted by Crippen LogP contribution is 2.25. The Morgan fingerprint density at radius 1 is 1.20 bits per heavy atom. The first-order valence-electron chi connectivity index (χ1n) is 5.53. The predicted octanol–water partition coefficient (Wildman–Crippen LogP) is 2.49. The first-order valence-corrected chi connectivity index (χ1v) is 5.53. The van der Waals surface area contributed by atoms with E-state index < -0.39 is 0 Å². The van der Waals surface area contributed by atoms with Crippen molar-refractivity contribution in [3.63, 3.8) is 0 Å². The summed E-state index contributed by atoms with van der Waals surface area (Å²) in [5.41, 5.74) is 1.23. The van der Waals surface area contributed by atoms with Gasteiger partial charge in [-0.2, -0.15) is 0 Å². The van der Waals surface area contributed by atoms with Crippen molar-refractivity contribution in [1.29, 1.82) is 0 Å². The molecule has 1 heterocycles. The van der Waals surface area contributed by atoms with Crippen molar-refractivity contribution >= 4 is 11.5 Å². The third kappa shape index (κ3) is 2.04. The van der Waals surface area contributed by atoms with Crippen molar-refractivity contribution in [3.05, 3.63) is 30.3 Å². The SMILES string of the molecule is CC1CN(c2ccccc2)C(C)CC1=O. The summed E-state index contributed by atoms with van der Waals surface area (Å²) in [6, 6.07) is 10.7. The predicted molar refractivity (Wildman–Crippen MR) is 62.0 cm³/mol. The lowest BCUT2D eigenvalue weighted by molar-refractivity contribution is -0.123. The number of para-hydroxylation sites is 1. The average Bonchev–Trinajstić information content (AvgIpc) is 2.25. The third-order valence-electron chi connectivity index (χ3n) is 3.14. The highest BCUT2D eigenvalue weighted by atomic mass is 16.1. The molecule has 80 valence electrons. The van der Waals surface area contributed by atoms with Gasteiger partial charge in [0.15, 0.2) is 0 Å². The van der Waals surface area contributed by atoms with Gasteiger partial charge in [0.1, 0.15) is 5.78 Å². The van der Waals surface area contributed by atoms with Gasteiger partial charge >= 0.3 is 0 Å². The first kappa shape index (κ1) is 10.2. The number of carbonyl (C=O) groups is 1. The standard InChI is InChI=1S/C13H17NO/c1-10-9-14(11(2)8-13(10)15)12-6-4-3-5-7-12/h3-7,10-11H,8-9H2,1-2H3. The van der Waals surface area contributed by atoms with Crippen LogP contribution in [0.3, 0.4) is 0 Å². The molecule has 1 aliphatic rings. The van der Waals surface area contributed by atoms with Gasteiger partial charge in [-0.1, -0.05) is 25.1 Å². The number of rotatable bonds is 1. The van der Waals surface area contributed by atoms with E-state index in [0.29, 0.717) is 18.2 Å². The maximum atomic E-state index is 11.6. The number of nitrogens with zero attached hydrogens (tertiary/aromatic N) is 1. The van der Waals surface area contributed by atoms with Crippen molar-refractivity contribution in [2.75, 3.05) is 11.4 Å². The first-order chi connectivity index (χ1) is 7.18. The van der Waals surface area contributed by atoms with Gasteiger partial charge in [0, 0.05) is 30.6 Å². The maximum Gasteiger partial charge on any atom is 0.139 e. The summed E-state index contributed by atoms with van der Waals surface area (Å²) in [7, 11) is 0. The number of hydrogen-bond donors (Lipinski definition) is 0. The van der Waals surface area contributed by atoms with E-state index in [9.17, 15) is 4.79 Å². The Hall–Kier alpha value is -1.31. The van der Waals surface area contributed by atoms with Crippen molar-refractivity contribution < 1.29 is 4.79 Å². The minimum atomic E-state index is 0.168. The molecule has 0 N–H and O–H groups in total. The fourth-order valence-corrected chi connectivity index (χ4v) is 2.16. The molecule has 2 heteroatoms. The second kappa shape index (κ2) is 4.05. The van der Waals surface area contributed by atoms with Crippen LogP contribution in [0, 0.1) is 5.92 Å². The molecule has 0 bridgehead atoms. The minimum absolute atomic E-state index is 0.168. The number of piperidine rings is 1. The molecule has 0 aliphatic carbocycles. The number of ketones is 1. The maximum absolute atomic E-state index is 11.6. The van der Waals surface area contributed by atoms with Gasteiger partial charge in [-0.25, -0.2) is 0 Å². The molecule has 1 saturated heterocycles. The van der Waals surface area contributed by atoms with Crippen LogP contribution in [0.15, 0.2) is 30.3 Å². The summed E-state index contributed by atoms with van der Waals surface area (Å²) >= 11 is 0. The molecule has 2 rings (SSSR count). The van der Waals surface area contributed by atoms with Crippen molar-refractivity contribution in [1.82, 2.24) is 0 Å². The quantitative estimate of drug-likeness (QED) is 0.699. The van der Waals surface area contributed by atoms with Gasteiger partial charge in [-0.15, -0.1) is 0 Å². The van der Waals surface area contributed by atoms with Gasteiger partial charge in [0.05, 0.1) is 0 Å². The largest absolute Gasteiger partial charge is 0.368 e. The van der Waals surface area contributed by atoms with E-state index >= 15 is 0 Å². The fraction of sp³-hybridized carbons (Fsp3) is 0.462. The third-order valence-corrected chi connectivity index (χ3v) is 3.14. The molecular weight excluding hydrogens is 186 g/mol. The second-order valence-electron chi connectivity index (χ2n) is 4.41. The lowest BCUT2D eigenvalue weighted by atomic mass is 9.93. The minimum Gasteiger partial charge on any atom is -0.368 e. The summed E-state index contributed by atoms with van der Waals surface area (Å²) in [6.07, 6.45) is 0.677. The Bertz CT molecular complexity index is 347. The topological polar surface area (TPSA) is 20.3 Å². The zero-order chi connectivity index (χ0) is 10.8. The van der Waals surface area contributed by atoms with Crippen LogP contribution in [0.2, 0.25) is 0 Å². The highest BCUT2D eigenvalue weighted by Gasteiger charge is 2.28. The summed E-state index contributed by atoms with van der Waals surface area (Å²) in [5.74, 6) is 0.566. The van der Waals surface area contributed by atoms with Gasteiger partial charge in [0.2, 0.25) is 0 Å². The Kier molecular flexibility index (Phi) is 2.76. The molecule has 1 aliphatic heterocycles. The smallest absolute Gasteiger partial charge is 0.139 e. The van der Waals surface area contributed by atoms with Crippen LogP contribution in [-0.2, 0) is 4.79 Å². The van der Waals surface area contributed by atoms with Gasteiger partial charge < -0.3 is 4.90 Å². The lowest BCUT2D eigenvalue weighted by Crippen LogP contribution is -2.45. The van der Waals surface area contributed by atoms with Crippen LogP contribution in [-0.4, -0.2) is 18.4 Å². The Balaban J connectivity index is 2.20. The van der Waals surface area contributed by atoms with Gasteiger partial charge in [-0.05, 0) is 19.1 Å². The van der Waals surface area contributed by atoms with Crippen LogP contribution >= 0.6 is 0 Å². The zero-order valence-electron chi connectivity index (χ0n) is 9.31. The molecule has 1 fully saturated rings. The number of benzene rings is 1. The van der Waals surface area contributed by atoms with Crippen LogP contribution in [0.25, 0.3) is 0 Å². The molecular formula is C13H17NO. The van der Waals surface area contributed by atoms with E-state index in [4.69, 9.17) is 0 Å². The number of anilines is 1. The van der Waals surface area contributed by atoms with E-state index in [-0.39, 0.29) is 5.92 Å². The van der Waals surface area contributed by atoms with Gasteiger partial charge in [-0.3, -0.25) is 4.79 Å². The monoisotopic (exact) mass is 203 g/mol. The highest BCUT2D eigenvalue weighted by molar-refractivity contribution is 5.83. The molecule has 2 unspecified atom stereocenters. The molecule has 0 saturated carbocycles. The second-order valence-corrected chi connectivity index (χ2v) is 4.41. The Morgan fingerprint density at radius 2 is 1.87 bits per heavy atom. The average molecular weight is 203 g/mol. The summed E-state index contributed by atoms with van der Waals surface area (Å²) < 4.78 is 0. The molecule has 15 heavy (non-hydrogen) atoms. The van der Waals surface area contributed by atoms with E-state index in [1.807, 2.05) is 25.1 Å². The number of carbonyl (C=O) groups excluding carboxylic acids is 1. The number of Topliss-reactive ketones (excluding diaryl/α,β-unsaturated/α-hetero) is 1. The number of hydrogen-bond acceptors (Lipinski definition) is 2. The molecule has 0 radical (unpaired) electrons. The van der Waals surface area contributed by atoms with Crippen LogP contribution in [0.4, 0.5) is 5.69 Å². The molecule has 2 atom stereocenters. The molecule has 0 spiro atoms. The van der Waals surface area contributed by atoms with Gasteiger partial charge in [0.25, 0.3) is 0 Å².